The van der Waals surface area contributed by atoms with Gasteiger partial charge < -0.3 is 9.47 Å². The summed E-state index contributed by atoms with van der Waals surface area (Å²) in [4.78, 5) is 12.6. The maximum absolute atomic E-state index is 12.6. The second-order valence-electron chi connectivity index (χ2n) is 5.36. The van der Waals surface area contributed by atoms with Gasteiger partial charge in [-0.1, -0.05) is 35.9 Å². The fraction of sp³-hybridized carbons (Fsp3) is 0.211. The maximum Gasteiger partial charge on any atom is 0.189 e. The molecule has 2 aromatic rings. The number of allylic oxidation sites excluding steroid dienone is 1. The van der Waals surface area contributed by atoms with Gasteiger partial charge in [0.25, 0.3) is 0 Å². The third-order valence-electron chi connectivity index (χ3n) is 4.06. The monoisotopic (exact) mass is 328 g/mol. The van der Waals surface area contributed by atoms with Gasteiger partial charge >= 0.3 is 0 Å². The van der Waals surface area contributed by atoms with Crippen LogP contribution in [0.15, 0.2) is 42.0 Å². The van der Waals surface area contributed by atoms with Crippen LogP contribution in [0.1, 0.15) is 27.9 Å². The van der Waals surface area contributed by atoms with E-state index in [2.05, 4.69) is 0 Å². The van der Waals surface area contributed by atoms with Crippen molar-refractivity contribution < 1.29 is 14.3 Å². The molecule has 0 amide bonds. The Balaban J connectivity index is 2.02. The van der Waals surface area contributed by atoms with E-state index in [1.165, 1.54) is 0 Å². The zero-order valence-electron chi connectivity index (χ0n) is 13.1. The number of hydrogen-bond donors (Lipinski definition) is 0. The molecule has 2 aromatic carbocycles. The molecular weight excluding hydrogens is 312 g/mol. The molecule has 118 valence electrons. The lowest BCUT2D eigenvalue weighted by Crippen LogP contribution is -2.13. The first-order valence-corrected chi connectivity index (χ1v) is 7.77. The molecule has 3 rings (SSSR count). The molecule has 23 heavy (non-hydrogen) atoms. The SMILES string of the molecule is COc1ccc(C=C2CCc3ccccc3C2=O)c(Cl)c1OC. The number of hydrogen-bond acceptors (Lipinski definition) is 3. The topological polar surface area (TPSA) is 35.5 Å². The second kappa shape index (κ2) is 6.47. The molecule has 0 atom stereocenters. The lowest BCUT2D eigenvalue weighted by atomic mass is 9.86. The Morgan fingerprint density at radius 3 is 2.57 bits per heavy atom. The van der Waals surface area contributed by atoms with E-state index in [9.17, 15) is 4.79 Å². The van der Waals surface area contributed by atoms with Crippen LogP contribution in [0.5, 0.6) is 11.5 Å². The molecule has 0 spiro atoms. The number of fused-ring (bicyclic) bond motifs is 1. The number of methoxy groups -OCH3 is 2. The molecular formula is C19H17ClO3. The minimum absolute atomic E-state index is 0.0673. The predicted octanol–water partition coefficient (Wildman–Crippen LogP) is 4.57. The highest BCUT2D eigenvalue weighted by Gasteiger charge is 2.22. The van der Waals surface area contributed by atoms with E-state index in [4.69, 9.17) is 21.1 Å². The minimum atomic E-state index is 0.0673. The summed E-state index contributed by atoms with van der Waals surface area (Å²) >= 11 is 6.40. The molecule has 0 radical (unpaired) electrons. The summed E-state index contributed by atoms with van der Waals surface area (Å²) in [6, 6.07) is 11.4. The molecule has 1 aliphatic carbocycles. The highest BCUT2D eigenvalue weighted by Crippen LogP contribution is 2.39. The van der Waals surface area contributed by atoms with E-state index >= 15 is 0 Å². The number of carbonyl (C=O) groups is 1. The fourth-order valence-electron chi connectivity index (χ4n) is 2.86. The number of benzene rings is 2. The Morgan fingerprint density at radius 1 is 1.04 bits per heavy atom. The van der Waals surface area contributed by atoms with Crippen molar-refractivity contribution in [2.24, 2.45) is 0 Å². The lowest BCUT2D eigenvalue weighted by Gasteiger charge is -2.18. The van der Waals surface area contributed by atoms with Gasteiger partial charge in [0.05, 0.1) is 19.2 Å². The van der Waals surface area contributed by atoms with E-state index in [0.29, 0.717) is 22.9 Å². The van der Waals surface area contributed by atoms with Crippen LogP contribution in [0.25, 0.3) is 6.08 Å². The van der Waals surface area contributed by atoms with Gasteiger partial charge in [-0.15, -0.1) is 0 Å². The number of ether oxygens (including phenoxy) is 2. The molecule has 0 saturated heterocycles. The van der Waals surface area contributed by atoms with Crippen LogP contribution >= 0.6 is 11.6 Å². The van der Waals surface area contributed by atoms with Gasteiger partial charge in [0, 0.05) is 11.1 Å². The smallest absolute Gasteiger partial charge is 0.189 e. The van der Waals surface area contributed by atoms with Gasteiger partial charge in [-0.3, -0.25) is 4.79 Å². The van der Waals surface area contributed by atoms with Crippen LogP contribution in [0, 0.1) is 0 Å². The first-order chi connectivity index (χ1) is 11.2. The van der Waals surface area contributed by atoms with Gasteiger partial charge in [-0.05, 0) is 42.2 Å². The van der Waals surface area contributed by atoms with Crippen LogP contribution in [-0.2, 0) is 6.42 Å². The molecule has 0 unspecified atom stereocenters. The number of carbonyl (C=O) groups excluding carboxylic acids is 1. The molecule has 0 bridgehead atoms. The molecule has 0 heterocycles. The Labute approximate surface area is 140 Å². The van der Waals surface area contributed by atoms with E-state index in [-0.39, 0.29) is 5.78 Å². The first-order valence-electron chi connectivity index (χ1n) is 7.39. The van der Waals surface area contributed by atoms with Crippen LogP contribution in [0.4, 0.5) is 0 Å². The van der Waals surface area contributed by atoms with Crippen molar-refractivity contribution in [3.63, 3.8) is 0 Å². The van der Waals surface area contributed by atoms with Gasteiger partial charge in [0.15, 0.2) is 17.3 Å². The average molecular weight is 329 g/mol. The molecule has 0 aromatic heterocycles. The third kappa shape index (κ3) is 2.84. The molecule has 0 saturated carbocycles. The summed E-state index contributed by atoms with van der Waals surface area (Å²) in [6.07, 6.45) is 3.42. The van der Waals surface area contributed by atoms with Crippen molar-refractivity contribution >= 4 is 23.5 Å². The largest absolute Gasteiger partial charge is 0.493 e. The number of aryl methyl sites for hydroxylation is 1. The van der Waals surface area contributed by atoms with Crippen LogP contribution in [-0.4, -0.2) is 20.0 Å². The van der Waals surface area contributed by atoms with E-state index in [1.54, 1.807) is 20.3 Å². The predicted molar refractivity (Wildman–Crippen MR) is 91.6 cm³/mol. The van der Waals surface area contributed by atoms with Crippen molar-refractivity contribution in [1.29, 1.82) is 0 Å². The number of ketones is 1. The number of Topliss-reactive ketones (excluding diaryl/α,β-unsaturated/α-hetero) is 1. The highest BCUT2D eigenvalue weighted by atomic mass is 35.5. The van der Waals surface area contributed by atoms with Crippen molar-refractivity contribution in [3.05, 3.63) is 63.7 Å². The van der Waals surface area contributed by atoms with Crippen molar-refractivity contribution in [1.82, 2.24) is 0 Å². The van der Waals surface area contributed by atoms with E-state index in [1.807, 2.05) is 36.4 Å². The summed E-state index contributed by atoms with van der Waals surface area (Å²) in [5.41, 5.74) is 3.40. The Kier molecular flexibility index (Phi) is 4.39. The van der Waals surface area contributed by atoms with Crippen LogP contribution < -0.4 is 9.47 Å². The van der Waals surface area contributed by atoms with Crippen LogP contribution in [0.2, 0.25) is 5.02 Å². The molecule has 0 fully saturated rings. The zero-order chi connectivity index (χ0) is 16.4. The molecule has 0 aliphatic heterocycles. The summed E-state index contributed by atoms with van der Waals surface area (Å²) < 4.78 is 10.5. The summed E-state index contributed by atoms with van der Waals surface area (Å²) in [6.45, 7) is 0. The van der Waals surface area contributed by atoms with Crippen LogP contribution in [0.3, 0.4) is 0 Å². The Hall–Kier alpha value is -2.26. The number of halogens is 1. The Bertz CT molecular complexity index is 793. The molecule has 4 heteroatoms. The van der Waals surface area contributed by atoms with Gasteiger partial charge in [-0.2, -0.15) is 0 Å². The zero-order valence-corrected chi connectivity index (χ0v) is 13.8. The fourth-order valence-corrected chi connectivity index (χ4v) is 3.14. The van der Waals surface area contributed by atoms with Gasteiger partial charge in [0.1, 0.15) is 0 Å². The van der Waals surface area contributed by atoms with Crippen molar-refractivity contribution in [3.8, 4) is 11.5 Å². The molecule has 0 N–H and O–H groups in total. The van der Waals surface area contributed by atoms with Gasteiger partial charge in [0.2, 0.25) is 0 Å². The standard InChI is InChI=1S/C19H17ClO3/c1-22-16-10-9-13(17(20)19(16)23-2)11-14-8-7-12-5-3-4-6-15(12)18(14)21/h3-6,9-11H,7-8H2,1-2H3. The summed E-state index contributed by atoms with van der Waals surface area (Å²) in [5, 5.41) is 0.450. The Morgan fingerprint density at radius 2 is 1.83 bits per heavy atom. The van der Waals surface area contributed by atoms with Crippen molar-refractivity contribution in [2.45, 2.75) is 12.8 Å². The highest BCUT2D eigenvalue weighted by molar-refractivity contribution is 6.34. The summed E-state index contributed by atoms with van der Waals surface area (Å²) in [5.74, 6) is 1.12. The average Bonchev–Trinajstić information content (AvgIpc) is 2.58. The minimum Gasteiger partial charge on any atom is -0.493 e. The van der Waals surface area contributed by atoms with Gasteiger partial charge in [-0.25, -0.2) is 0 Å². The first kappa shape index (κ1) is 15.6. The number of rotatable bonds is 3. The summed E-state index contributed by atoms with van der Waals surface area (Å²) in [7, 11) is 3.11. The molecule has 1 aliphatic rings. The maximum atomic E-state index is 12.6. The third-order valence-corrected chi connectivity index (χ3v) is 4.45. The quantitative estimate of drug-likeness (QED) is 0.774. The van der Waals surface area contributed by atoms with E-state index < -0.39 is 0 Å². The van der Waals surface area contributed by atoms with E-state index in [0.717, 1.165) is 28.7 Å². The van der Waals surface area contributed by atoms with Crippen molar-refractivity contribution in [2.75, 3.05) is 14.2 Å². The second-order valence-corrected chi connectivity index (χ2v) is 5.74. The normalized spacial score (nSPS) is 15.4. The molecule has 3 nitrogen and oxygen atoms in total. The lowest BCUT2D eigenvalue weighted by molar-refractivity contribution is 0.102.